The van der Waals surface area contributed by atoms with E-state index in [0.717, 1.165) is 37.9 Å². The van der Waals surface area contributed by atoms with Crippen LogP contribution in [0.3, 0.4) is 0 Å². The lowest BCUT2D eigenvalue weighted by Crippen LogP contribution is -2.46. The molecule has 27 heavy (non-hydrogen) atoms. The summed E-state index contributed by atoms with van der Waals surface area (Å²) in [6.07, 6.45) is 5.23. The molecule has 2 aliphatic rings. The minimum Gasteiger partial charge on any atom is -0.445 e. The molecule has 1 aromatic carbocycles. The maximum Gasteiger partial charge on any atom is 0.407 e. The van der Waals surface area contributed by atoms with Crippen molar-refractivity contribution < 1.29 is 14.3 Å². The first-order chi connectivity index (χ1) is 13.2. The largest absolute Gasteiger partial charge is 0.445 e. The smallest absolute Gasteiger partial charge is 0.407 e. The SMILES string of the molecule is O=C(NC1CCN(C(=O)CCC2CCNCC2)CC1)OCc1ccccc1. The summed E-state index contributed by atoms with van der Waals surface area (Å²) in [4.78, 5) is 26.3. The lowest BCUT2D eigenvalue weighted by atomic mass is 9.93. The Morgan fingerprint density at radius 3 is 2.48 bits per heavy atom. The highest BCUT2D eigenvalue weighted by atomic mass is 16.5. The molecule has 0 radical (unpaired) electrons. The number of hydrogen-bond donors (Lipinski definition) is 2. The zero-order chi connectivity index (χ0) is 18.9. The van der Waals surface area contributed by atoms with E-state index >= 15 is 0 Å². The fourth-order valence-corrected chi connectivity index (χ4v) is 3.86. The molecule has 0 aliphatic carbocycles. The van der Waals surface area contributed by atoms with Gasteiger partial charge in [0.2, 0.25) is 5.91 Å². The molecule has 6 nitrogen and oxygen atoms in total. The van der Waals surface area contributed by atoms with E-state index in [-0.39, 0.29) is 24.6 Å². The van der Waals surface area contributed by atoms with E-state index in [0.29, 0.717) is 25.4 Å². The molecule has 6 heteroatoms. The molecule has 2 saturated heterocycles. The maximum absolute atomic E-state index is 12.4. The monoisotopic (exact) mass is 373 g/mol. The molecule has 0 bridgehead atoms. The second-order valence-electron chi connectivity index (χ2n) is 7.59. The van der Waals surface area contributed by atoms with E-state index < -0.39 is 0 Å². The van der Waals surface area contributed by atoms with Gasteiger partial charge in [0.15, 0.2) is 0 Å². The van der Waals surface area contributed by atoms with Crippen LogP contribution < -0.4 is 10.6 Å². The third kappa shape index (κ3) is 6.54. The van der Waals surface area contributed by atoms with Crippen LogP contribution in [0.5, 0.6) is 0 Å². The summed E-state index contributed by atoms with van der Waals surface area (Å²) in [6, 6.07) is 9.73. The minimum atomic E-state index is -0.380. The Balaban J connectivity index is 1.31. The highest BCUT2D eigenvalue weighted by molar-refractivity contribution is 5.76. The van der Waals surface area contributed by atoms with Crippen LogP contribution in [0.15, 0.2) is 30.3 Å². The van der Waals surface area contributed by atoms with Crippen LogP contribution in [0.25, 0.3) is 0 Å². The summed E-state index contributed by atoms with van der Waals surface area (Å²) >= 11 is 0. The third-order valence-electron chi connectivity index (χ3n) is 5.61. The summed E-state index contributed by atoms with van der Waals surface area (Å²) in [5, 5.41) is 6.29. The van der Waals surface area contributed by atoms with Crippen LogP contribution in [0.2, 0.25) is 0 Å². The Morgan fingerprint density at radius 1 is 1.07 bits per heavy atom. The van der Waals surface area contributed by atoms with Gasteiger partial charge in [-0.1, -0.05) is 30.3 Å². The number of amides is 2. The summed E-state index contributed by atoms with van der Waals surface area (Å²) in [6.45, 7) is 3.87. The molecule has 2 fully saturated rings. The third-order valence-corrected chi connectivity index (χ3v) is 5.61. The van der Waals surface area contributed by atoms with Crippen molar-refractivity contribution in [2.45, 2.75) is 51.2 Å². The van der Waals surface area contributed by atoms with Crippen LogP contribution in [-0.2, 0) is 16.1 Å². The molecule has 3 rings (SSSR count). The summed E-state index contributed by atoms with van der Waals surface area (Å²) in [7, 11) is 0. The quantitative estimate of drug-likeness (QED) is 0.804. The number of piperidine rings is 2. The molecular weight excluding hydrogens is 342 g/mol. The second-order valence-corrected chi connectivity index (χ2v) is 7.59. The number of hydrogen-bond acceptors (Lipinski definition) is 4. The number of nitrogens with one attached hydrogen (secondary N) is 2. The first kappa shape index (κ1) is 19.7. The topological polar surface area (TPSA) is 70.7 Å². The Bertz CT molecular complexity index is 594. The number of ether oxygens (including phenoxy) is 1. The van der Waals surface area contributed by atoms with Crippen molar-refractivity contribution in [1.82, 2.24) is 15.5 Å². The van der Waals surface area contributed by atoms with Crippen LogP contribution >= 0.6 is 0 Å². The molecule has 2 N–H and O–H groups in total. The summed E-state index contributed by atoms with van der Waals surface area (Å²) < 4.78 is 5.28. The molecule has 0 saturated carbocycles. The van der Waals surface area contributed by atoms with E-state index in [4.69, 9.17) is 4.74 Å². The van der Waals surface area contributed by atoms with Crippen molar-refractivity contribution >= 4 is 12.0 Å². The lowest BCUT2D eigenvalue weighted by Gasteiger charge is -2.32. The molecule has 2 amide bonds. The maximum atomic E-state index is 12.4. The predicted octanol–water partition coefficient (Wildman–Crippen LogP) is 2.68. The minimum absolute atomic E-state index is 0.0849. The van der Waals surface area contributed by atoms with Crippen molar-refractivity contribution in [3.63, 3.8) is 0 Å². The van der Waals surface area contributed by atoms with Crippen molar-refractivity contribution in [2.75, 3.05) is 26.2 Å². The molecule has 148 valence electrons. The molecule has 2 heterocycles. The lowest BCUT2D eigenvalue weighted by molar-refractivity contribution is -0.132. The average Bonchev–Trinajstić information content (AvgIpc) is 2.72. The number of likely N-dealkylation sites (tertiary alicyclic amines) is 1. The van der Waals surface area contributed by atoms with Gasteiger partial charge in [0, 0.05) is 25.6 Å². The zero-order valence-corrected chi connectivity index (χ0v) is 16.0. The fraction of sp³-hybridized carbons (Fsp3) is 0.619. The first-order valence-corrected chi connectivity index (χ1v) is 10.2. The van der Waals surface area contributed by atoms with Gasteiger partial charge in [-0.25, -0.2) is 4.79 Å². The normalized spacial score (nSPS) is 18.9. The number of rotatable bonds is 6. The highest BCUT2D eigenvalue weighted by Gasteiger charge is 2.25. The number of benzene rings is 1. The van der Waals surface area contributed by atoms with Crippen molar-refractivity contribution in [2.24, 2.45) is 5.92 Å². The predicted molar refractivity (Wildman–Crippen MR) is 104 cm³/mol. The standard InChI is InChI=1S/C21H31N3O3/c25-20(7-6-17-8-12-22-13-9-17)24-14-10-19(11-15-24)23-21(26)27-16-18-4-2-1-3-5-18/h1-5,17,19,22H,6-16H2,(H,23,26). The Hall–Kier alpha value is -2.08. The van der Waals surface area contributed by atoms with E-state index in [1.807, 2.05) is 35.2 Å². The molecular formula is C21H31N3O3. The van der Waals surface area contributed by atoms with Gasteiger partial charge in [-0.3, -0.25) is 4.79 Å². The van der Waals surface area contributed by atoms with Gasteiger partial charge in [-0.2, -0.15) is 0 Å². The van der Waals surface area contributed by atoms with Crippen molar-refractivity contribution in [1.29, 1.82) is 0 Å². The second kappa shape index (κ2) is 10.3. The first-order valence-electron chi connectivity index (χ1n) is 10.2. The Morgan fingerprint density at radius 2 is 1.78 bits per heavy atom. The van der Waals surface area contributed by atoms with Gasteiger partial charge >= 0.3 is 6.09 Å². The molecule has 0 unspecified atom stereocenters. The summed E-state index contributed by atoms with van der Waals surface area (Å²) in [5.74, 6) is 0.951. The number of carbonyl (C=O) groups excluding carboxylic acids is 2. The van der Waals surface area contributed by atoms with Crippen molar-refractivity contribution in [3.05, 3.63) is 35.9 Å². The fourth-order valence-electron chi connectivity index (χ4n) is 3.86. The van der Waals surface area contributed by atoms with E-state index in [1.165, 1.54) is 12.8 Å². The van der Waals surface area contributed by atoms with Gasteiger partial charge in [0.05, 0.1) is 0 Å². The summed E-state index contributed by atoms with van der Waals surface area (Å²) in [5.41, 5.74) is 0.974. The van der Waals surface area contributed by atoms with Gasteiger partial charge in [0.1, 0.15) is 6.61 Å². The van der Waals surface area contributed by atoms with Gasteiger partial charge in [0.25, 0.3) is 0 Å². The molecule has 0 spiro atoms. The Labute approximate surface area is 161 Å². The number of alkyl carbamates (subject to hydrolysis) is 1. The van der Waals surface area contributed by atoms with E-state index in [1.54, 1.807) is 0 Å². The van der Waals surface area contributed by atoms with Crippen LogP contribution in [0.4, 0.5) is 4.79 Å². The molecule has 0 aromatic heterocycles. The molecule has 1 aromatic rings. The van der Waals surface area contributed by atoms with Gasteiger partial charge in [-0.05, 0) is 56.7 Å². The average molecular weight is 373 g/mol. The Kier molecular flexibility index (Phi) is 7.51. The van der Waals surface area contributed by atoms with E-state index in [2.05, 4.69) is 10.6 Å². The van der Waals surface area contributed by atoms with Crippen LogP contribution in [0, 0.1) is 5.92 Å². The van der Waals surface area contributed by atoms with Crippen LogP contribution in [-0.4, -0.2) is 49.1 Å². The number of carbonyl (C=O) groups is 2. The van der Waals surface area contributed by atoms with Crippen molar-refractivity contribution in [3.8, 4) is 0 Å². The molecule has 2 aliphatic heterocycles. The van der Waals surface area contributed by atoms with E-state index in [9.17, 15) is 9.59 Å². The van der Waals surface area contributed by atoms with Crippen LogP contribution in [0.1, 0.15) is 44.1 Å². The number of nitrogens with zero attached hydrogens (tertiary/aromatic N) is 1. The zero-order valence-electron chi connectivity index (χ0n) is 16.0. The van der Waals surface area contributed by atoms with Gasteiger partial charge in [-0.15, -0.1) is 0 Å². The van der Waals surface area contributed by atoms with Gasteiger partial charge < -0.3 is 20.3 Å². The highest BCUT2D eigenvalue weighted by Crippen LogP contribution is 2.19. The molecule has 0 atom stereocenters.